The zero-order chi connectivity index (χ0) is 18.6. The van der Waals surface area contributed by atoms with Crippen LogP contribution in [0.25, 0.3) is 11.4 Å². The van der Waals surface area contributed by atoms with Gasteiger partial charge in [0.15, 0.2) is 0 Å². The number of anilines is 3. The molecule has 0 aliphatic heterocycles. The van der Waals surface area contributed by atoms with E-state index in [1.54, 1.807) is 6.20 Å². The molecule has 1 aliphatic carbocycles. The van der Waals surface area contributed by atoms with E-state index in [4.69, 9.17) is 16.6 Å². The molecule has 0 spiro atoms. The Morgan fingerprint density at radius 1 is 1.00 bits per heavy atom. The van der Waals surface area contributed by atoms with Gasteiger partial charge in [-0.25, -0.2) is 4.98 Å². The maximum absolute atomic E-state index is 6.16. The largest absolute Gasteiger partial charge is 0.351 e. The minimum atomic E-state index is 0.435. The average molecular weight is 380 g/mol. The van der Waals surface area contributed by atoms with Crippen molar-refractivity contribution in [2.24, 2.45) is 0 Å². The molecule has 1 aromatic carbocycles. The lowest BCUT2D eigenvalue weighted by atomic mass is 10.2. The molecule has 1 aliphatic rings. The van der Waals surface area contributed by atoms with E-state index in [1.165, 1.54) is 12.8 Å². The third kappa shape index (κ3) is 4.37. The van der Waals surface area contributed by atoms with Crippen molar-refractivity contribution in [3.63, 3.8) is 0 Å². The Balaban J connectivity index is 1.69. The van der Waals surface area contributed by atoms with Gasteiger partial charge in [-0.05, 0) is 49.6 Å². The van der Waals surface area contributed by atoms with Gasteiger partial charge in [-0.15, -0.1) is 0 Å². The van der Waals surface area contributed by atoms with Gasteiger partial charge in [-0.3, -0.25) is 4.98 Å². The molecule has 138 valence electrons. The highest BCUT2D eigenvalue weighted by Crippen LogP contribution is 2.27. The Labute approximate surface area is 164 Å². The van der Waals surface area contributed by atoms with E-state index in [2.05, 4.69) is 20.6 Å². The molecule has 0 saturated heterocycles. The molecule has 2 aromatic heterocycles. The molecule has 0 radical (unpaired) electrons. The summed E-state index contributed by atoms with van der Waals surface area (Å²) in [7, 11) is 0. The Bertz CT molecular complexity index is 923. The number of rotatable bonds is 5. The predicted molar refractivity (Wildman–Crippen MR) is 111 cm³/mol. The Hall–Kier alpha value is -2.66. The first-order valence-corrected chi connectivity index (χ1v) is 9.65. The maximum atomic E-state index is 6.16. The number of aromatic nitrogens is 3. The van der Waals surface area contributed by atoms with Crippen molar-refractivity contribution >= 4 is 29.1 Å². The van der Waals surface area contributed by atoms with Crippen molar-refractivity contribution < 1.29 is 0 Å². The van der Waals surface area contributed by atoms with Crippen LogP contribution in [-0.2, 0) is 0 Å². The second-order valence-electron chi connectivity index (χ2n) is 6.89. The summed E-state index contributed by atoms with van der Waals surface area (Å²) in [4.78, 5) is 13.8. The fraction of sp³-hybridized carbons (Fsp3) is 0.286. The van der Waals surface area contributed by atoms with Crippen LogP contribution in [0.1, 0.15) is 31.2 Å². The van der Waals surface area contributed by atoms with E-state index >= 15 is 0 Å². The fourth-order valence-corrected chi connectivity index (χ4v) is 3.51. The van der Waals surface area contributed by atoms with E-state index in [0.717, 1.165) is 41.3 Å². The first-order chi connectivity index (χ1) is 13.2. The van der Waals surface area contributed by atoms with Gasteiger partial charge in [0, 0.05) is 29.0 Å². The predicted octanol–water partition coefficient (Wildman–Crippen LogP) is 5.60. The Morgan fingerprint density at radius 3 is 2.63 bits per heavy atom. The number of pyridine rings is 1. The Morgan fingerprint density at radius 2 is 1.85 bits per heavy atom. The summed E-state index contributed by atoms with van der Waals surface area (Å²) < 4.78 is 0. The lowest BCUT2D eigenvalue weighted by molar-refractivity contribution is 0.744. The van der Waals surface area contributed by atoms with Crippen LogP contribution in [0.15, 0.2) is 48.7 Å². The van der Waals surface area contributed by atoms with Gasteiger partial charge >= 0.3 is 0 Å². The van der Waals surface area contributed by atoms with Crippen LogP contribution >= 0.6 is 11.6 Å². The number of benzene rings is 1. The van der Waals surface area contributed by atoms with E-state index < -0.39 is 0 Å². The molecule has 1 saturated carbocycles. The van der Waals surface area contributed by atoms with Crippen LogP contribution in [0.2, 0.25) is 5.02 Å². The van der Waals surface area contributed by atoms with Crippen molar-refractivity contribution in [1.29, 1.82) is 0 Å². The summed E-state index contributed by atoms with van der Waals surface area (Å²) in [5, 5.41) is 7.56. The van der Waals surface area contributed by atoms with Crippen molar-refractivity contribution in [3.05, 3.63) is 59.2 Å². The number of nitrogens with zero attached hydrogens (tertiary/aromatic N) is 3. The van der Waals surface area contributed by atoms with Crippen LogP contribution in [0.4, 0.5) is 17.5 Å². The van der Waals surface area contributed by atoms with Crippen molar-refractivity contribution in [2.45, 2.75) is 38.6 Å². The second-order valence-corrected chi connectivity index (χ2v) is 7.32. The molecule has 6 heteroatoms. The standard InChI is InChI=1S/C21H22ClN5/c1-14-9-10-15(22)12-18(14)25-20-13-19(17-8-4-5-11-23-17)26-21(27-20)24-16-6-2-3-7-16/h4-5,8-13,16H,2-3,6-7H2,1H3,(H2,24,25,26,27). The van der Waals surface area contributed by atoms with Crippen molar-refractivity contribution in [3.8, 4) is 11.4 Å². The highest BCUT2D eigenvalue weighted by Gasteiger charge is 2.17. The van der Waals surface area contributed by atoms with Gasteiger partial charge < -0.3 is 10.6 Å². The fourth-order valence-electron chi connectivity index (χ4n) is 3.34. The van der Waals surface area contributed by atoms with Gasteiger partial charge in [0.1, 0.15) is 5.82 Å². The molecule has 3 aromatic rings. The quantitative estimate of drug-likeness (QED) is 0.604. The number of hydrogen-bond acceptors (Lipinski definition) is 5. The summed E-state index contributed by atoms with van der Waals surface area (Å²) in [5.41, 5.74) is 3.64. The van der Waals surface area contributed by atoms with Gasteiger partial charge in [0.25, 0.3) is 0 Å². The van der Waals surface area contributed by atoms with E-state index in [-0.39, 0.29) is 0 Å². The zero-order valence-electron chi connectivity index (χ0n) is 15.2. The molecular formula is C21H22ClN5. The van der Waals surface area contributed by atoms with Gasteiger partial charge in [-0.1, -0.05) is 36.6 Å². The summed E-state index contributed by atoms with van der Waals surface area (Å²) in [5.74, 6) is 1.35. The zero-order valence-corrected chi connectivity index (χ0v) is 16.0. The smallest absolute Gasteiger partial charge is 0.225 e. The van der Waals surface area contributed by atoms with Crippen molar-refractivity contribution in [2.75, 3.05) is 10.6 Å². The number of halogens is 1. The minimum absolute atomic E-state index is 0.435. The molecular weight excluding hydrogens is 358 g/mol. The topological polar surface area (TPSA) is 62.7 Å². The first kappa shape index (κ1) is 17.7. The van der Waals surface area contributed by atoms with Crippen LogP contribution in [0, 0.1) is 6.92 Å². The highest BCUT2D eigenvalue weighted by atomic mass is 35.5. The molecule has 27 heavy (non-hydrogen) atoms. The van der Waals surface area contributed by atoms with Gasteiger partial charge in [0.05, 0.1) is 11.4 Å². The normalized spacial score (nSPS) is 14.3. The molecule has 0 amide bonds. The molecule has 1 fully saturated rings. The highest BCUT2D eigenvalue weighted by molar-refractivity contribution is 6.30. The second kappa shape index (κ2) is 7.92. The first-order valence-electron chi connectivity index (χ1n) is 9.27. The summed E-state index contributed by atoms with van der Waals surface area (Å²) in [6.45, 7) is 2.04. The lowest BCUT2D eigenvalue weighted by Crippen LogP contribution is -2.17. The number of nitrogens with one attached hydrogen (secondary N) is 2. The summed E-state index contributed by atoms with van der Waals surface area (Å²) in [6.07, 6.45) is 6.60. The monoisotopic (exact) mass is 379 g/mol. The molecule has 0 atom stereocenters. The van der Waals surface area contributed by atoms with Crippen LogP contribution in [0.3, 0.4) is 0 Å². The molecule has 0 bridgehead atoms. The summed E-state index contributed by atoms with van der Waals surface area (Å²) in [6, 6.07) is 13.9. The van der Waals surface area contributed by atoms with Crippen molar-refractivity contribution in [1.82, 2.24) is 15.0 Å². The third-order valence-corrected chi connectivity index (χ3v) is 5.04. The van der Waals surface area contributed by atoms with E-state index in [0.29, 0.717) is 17.0 Å². The van der Waals surface area contributed by atoms with E-state index in [9.17, 15) is 0 Å². The number of hydrogen-bond donors (Lipinski definition) is 2. The van der Waals surface area contributed by atoms with Crippen LogP contribution in [-0.4, -0.2) is 21.0 Å². The molecule has 4 rings (SSSR count). The van der Waals surface area contributed by atoms with Crippen LogP contribution < -0.4 is 10.6 Å². The minimum Gasteiger partial charge on any atom is -0.351 e. The number of aryl methyl sites for hydroxylation is 1. The SMILES string of the molecule is Cc1ccc(Cl)cc1Nc1cc(-c2ccccn2)nc(NC2CCCC2)n1. The maximum Gasteiger partial charge on any atom is 0.225 e. The lowest BCUT2D eigenvalue weighted by Gasteiger charge is -2.15. The average Bonchev–Trinajstić information content (AvgIpc) is 3.18. The third-order valence-electron chi connectivity index (χ3n) is 4.80. The summed E-state index contributed by atoms with van der Waals surface area (Å²) >= 11 is 6.16. The van der Waals surface area contributed by atoms with Crippen LogP contribution in [0.5, 0.6) is 0 Å². The van der Waals surface area contributed by atoms with Gasteiger partial charge in [0.2, 0.25) is 5.95 Å². The molecule has 0 unspecified atom stereocenters. The van der Waals surface area contributed by atoms with E-state index in [1.807, 2.05) is 49.4 Å². The van der Waals surface area contributed by atoms with Gasteiger partial charge in [-0.2, -0.15) is 4.98 Å². The molecule has 5 nitrogen and oxygen atoms in total. The molecule has 2 heterocycles. The molecule has 2 N–H and O–H groups in total. The Kier molecular flexibility index (Phi) is 5.21.